The lowest BCUT2D eigenvalue weighted by Crippen LogP contribution is -2.43. The third-order valence-corrected chi connectivity index (χ3v) is 6.12. The van der Waals surface area contributed by atoms with Crippen LogP contribution in [0, 0.1) is 11.2 Å². The van der Waals surface area contributed by atoms with Crippen molar-refractivity contribution in [3.8, 4) is 0 Å². The van der Waals surface area contributed by atoms with E-state index in [1.165, 1.54) is 27.3 Å². The number of ether oxygens (including phenoxy) is 1. The van der Waals surface area contributed by atoms with Gasteiger partial charge in [-0.3, -0.25) is 9.59 Å². The van der Waals surface area contributed by atoms with E-state index < -0.39 is 0 Å². The summed E-state index contributed by atoms with van der Waals surface area (Å²) >= 11 is 1.53. The molecule has 0 fully saturated rings. The summed E-state index contributed by atoms with van der Waals surface area (Å²) in [7, 11) is 1.56. The third-order valence-electron chi connectivity index (χ3n) is 5.15. The summed E-state index contributed by atoms with van der Waals surface area (Å²) < 4.78 is 19.5. The fraction of sp³-hybridized carbons (Fsp3) is 0.458. The van der Waals surface area contributed by atoms with Gasteiger partial charge in [0.05, 0.1) is 18.4 Å². The van der Waals surface area contributed by atoms with Gasteiger partial charge in [-0.2, -0.15) is 5.10 Å². The van der Waals surface area contributed by atoms with Gasteiger partial charge in [0, 0.05) is 36.9 Å². The second-order valence-corrected chi connectivity index (χ2v) is 10.0. The standard InChI is InChI=1S/C24H30FN3O3S/c1-24(2,3)15-22(29)27(11-12-31-4)16-23(30)28-20(21-10-7-13-32-21)14-19(26-28)17-8-5-6-9-18(17)25/h5-10,13,20H,11-12,14-16H2,1-4H3. The van der Waals surface area contributed by atoms with Crippen LogP contribution in [0.4, 0.5) is 4.39 Å². The van der Waals surface area contributed by atoms with Gasteiger partial charge < -0.3 is 9.64 Å². The van der Waals surface area contributed by atoms with Crippen LogP contribution in [0.3, 0.4) is 0 Å². The lowest BCUT2D eigenvalue weighted by Gasteiger charge is -2.28. The Morgan fingerprint density at radius 1 is 1.25 bits per heavy atom. The largest absolute Gasteiger partial charge is 0.383 e. The van der Waals surface area contributed by atoms with Crippen molar-refractivity contribution in [1.29, 1.82) is 0 Å². The third kappa shape index (κ3) is 6.01. The maximum Gasteiger partial charge on any atom is 0.262 e. The van der Waals surface area contributed by atoms with Gasteiger partial charge in [-0.05, 0) is 22.9 Å². The summed E-state index contributed by atoms with van der Waals surface area (Å²) in [4.78, 5) is 28.7. The Kier molecular flexibility index (Phi) is 7.79. The number of carbonyl (C=O) groups excluding carboxylic acids is 2. The molecular formula is C24H30FN3O3S. The summed E-state index contributed by atoms with van der Waals surface area (Å²) in [6.45, 7) is 6.51. The molecule has 1 aromatic heterocycles. The van der Waals surface area contributed by atoms with E-state index in [1.54, 1.807) is 25.3 Å². The zero-order valence-corrected chi connectivity index (χ0v) is 19.8. The zero-order chi connectivity index (χ0) is 23.3. The number of amides is 2. The molecule has 0 N–H and O–H groups in total. The second-order valence-electron chi connectivity index (χ2n) is 9.05. The van der Waals surface area contributed by atoms with Crippen LogP contribution >= 0.6 is 11.3 Å². The molecule has 2 aromatic rings. The SMILES string of the molecule is COCCN(CC(=O)N1N=C(c2ccccc2F)CC1c1cccs1)C(=O)CC(C)(C)C. The Morgan fingerprint density at radius 3 is 2.62 bits per heavy atom. The highest BCUT2D eigenvalue weighted by atomic mass is 32.1. The number of thiophene rings is 1. The quantitative estimate of drug-likeness (QED) is 0.585. The summed E-state index contributed by atoms with van der Waals surface area (Å²) in [6.07, 6.45) is 0.739. The number of carbonyl (C=O) groups is 2. The Labute approximate surface area is 192 Å². The molecule has 1 aliphatic heterocycles. The van der Waals surface area contributed by atoms with Crippen LogP contribution in [0.15, 0.2) is 46.9 Å². The maximum absolute atomic E-state index is 14.4. The molecule has 0 aliphatic carbocycles. The first-order chi connectivity index (χ1) is 15.2. The van der Waals surface area contributed by atoms with Crippen LogP contribution in [0.2, 0.25) is 0 Å². The lowest BCUT2D eigenvalue weighted by atomic mass is 9.91. The zero-order valence-electron chi connectivity index (χ0n) is 19.0. The van der Waals surface area contributed by atoms with Crippen LogP contribution < -0.4 is 0 Å². The Balaban J connectivity index is 1.85. The average molecular weight is 460 g/mol. The lowest BCUT2D eigenvalue weighted by molar-refractivity contribution is -0.143. The number of hydrogen-bond donors (Lipinski definition) is 0. The minimum absolute atomic E-state index is 0.103. The molecule has 1 unspecified atom stereocenters. The smallest absolute Gasteiger partial charge is 0.262 e. The molecule has 0 saturated heterocycles. The van der Waals surface area contributed by atoms with Crippen LogP contribution in [0.5, 0.6) is 0 Å². The highest BCUT2D eigenvalue weighted by Gasteiger charge is 2.35. The predicted octanol–water partition coefficient (Wildman–Crippen LogP) is 4.48. The van der Waals surface area contributed by atoms with Crippen molar-refractivity contribution >= 4 is 28.9 Å². The van der Waals surface area contributed by atoms with Gasteiger partial charge in [-0.15, -0.1) is 11.3 Å². The molecule has 3 rings (SSSR count). The topological polar surface area (TPSA) is 62.2 Å². The van der Waals surface area contributed by atoms with Gasteiger partial charge in [-0.25, -0.2) is 9.40 Å². The number of hydrazone groups is 1. The van der Waals surface area contributed by atoms with E-state index in [2.05, 4.69) is 5.10 Å². The molecule has 0 saturated carbocycles. The van der Waals surface area contributed by atoms with Gasteiger partial charge in [0.2, 0.25) is 5.91 Å². The van der Waals surface area contributed by atoms with Crippen molar-refractivity contribution in [2.24, 2.45) is 10.5 Å². The highest BCUT2D eigenvalue weighted by Crippen LogP contribution is 2.35. The number of hydrogen-bond acceptors (Lipinski definition) is 5. The Bertz CT molecular complexity index is 969. The molecule has 0 spiro atoms. The first-order valence-electron chi connectivity index (χ1n) is 10.6. The monoisotopic (exact) mass is 459 g/mol. The number of nitrogens with zero attached hydrogens (tertiary/aromatic N) is 3. The molecule has 2 amide bonds. The van der Waals surface area contributed by atoms with E-state index >= 15 is 0 Å². The number of benzene rings is 1. The van der Waals surface area contributed by atoms with Crippen molar-refractivity contribution in [1.82, 2.24) is 9.91 Å². The van der Waals surface area contributed by atoms with Crippen molar-refractivity contribution in [2.75, 3.05) is 26.8 Å². The molecule has 6 nitrogen and oxygen atoms in total. The maximum atomic E-state index is 14.4. The average Bonchev–Trinajstić information content (AvgIpc) is 3.39. The molecule has 2 heterocycles. The first kappa shape index (κ1) is 24.1. The van der Waals surface area contributed by atoms with Gasteiger partial charge in [0.1, 0.15) is 12.4 Å². The number of rotatable bonds is 8. The van der Waals surface area contributed by atoms with E-state index in [9.17, 15) is 14.0 Å². The summed E-state index contributed by atoms with van der Waals surface area (Å²) in [5.74, 6) is -0.770. The Morgan fingerprint density at radius 2 is 2.00 bits per heavy atom. The van der Waals surface area contributed by atoms with Crippen LogP contribution in [-0.4, -0.2) is 54.2 Å². The fourth-order valence-electron chi connectivity index (χ4n) is 3.60. The van der Waals surface area contributed by atoms with E-state index in [4.69, 9.17) is 4.74 Å². The molecule has 32 heavy (non-hydrogen) atoms. The van der Waals surface area contributed by atoms with Crippen molar-refractivity contribution in [3.63, 3.8) is 0 Å². The van der Waals surface area contributed by atoms with Gasteiger partial charge in [0.25, 0.3) is 5.91 Å². The first-order valence-corrected chi connectivity index (χ1v) is 11.5. The minimum Gasteiger partial charge on any atom is -0.383 e. The predicted molar refractivity (Wildman–Crippen MR) is 124 cm³/mol. The van der Waals surface area contributed by atoms with E-state index in [0.717, 1.165) is 4.88 Å². The second kappa shape index (κ2) is 10.4. The molecule has 1 atom stereocenters. The molecule has 1 aromatic carbocycles. The highest BCUT2D eigenvalue weighted by molar-refractivity contribution is 7.10. The van der Waals surface area contributed by atoms with Gasteiger partial charge in [0.15, 0.2) is 0 Å². The fourth-order valence-corrected chi connectivity index (χ4v) is 4.41. The summed E-state index contributed by atoms with van der Waals surface area (Å²) in [6, 6.07) is 9.99. The van der Waals surface area contributed by atoms with Crippen molar-refractivity contribution < 1.29 is 18.7 Å². The molecule has 0 radical (unpaired) electrons. The van der Waals surface area contributed by atoms with E-state index in [1.807, 2.05) is 38.3 Å². The van der Waals surface area contributed by atoms with Crippen LogP contribution in [0.1, 0.15) is 50.1 Å². The van der Waals surface area contributed by atoms with Gasteiger partial charge in [-0.1, -0.05) is 45.0 Å². The normalized spacial score (nSPS) is 16.2. The summed E-state index contributed by atoms with van der Waals surface area (Å²) in [5, 5.41) is 7.88. The molecule has 1 aliphatic rings. The van der Waals surface area contributed by atoms with Gasteiger partial charge >= 0.3 is 0 Å². The van der Waals surface area contributed by atoms with Crippen LogP contribution in [-0.2, 0) is 14.3 Å². The molecular weight excluding hydrogens is 429 g/mol. The van der Waals surface area contributed by atoms with Crippen molar-refractivity contribution in [3.05, 3.63) is 58.0 Å². The minimum atomic E-state index is -0.368. The van der Waals surface area contributed by atoms with Crippen molar-refractivity contribution in [2.45, 2.75) is 39.7 Å². The van der Waals surface area contributed by atoms with E-state index in [-0.39, 0.29) is 35.6 Å². The molecule has 8 heteroatoms. The molecule has 172 valence electrons. The van der Waals surface area contributed by atoms with Crippen LogP contribution in [0.25, 0.3) is 0 Å². The number of methoxy groups -OCH3 is 1. The summed E-state index contributed by atoms with van der Waals surface area (Å²) in [5.41, 5.74) is 0.720. The Hall–Kier alpha value is -2.58. The number of halogens is 1. The molecule has 0 bridgehead atoms. The van der Waals surface area contributed by atoms with E-state index in [0.29, 0.717) is 37.3 Å².